The Labute approximate surface area is 198 Å². The second kappa shape index (κ2) is 7.90. The Bertz CT molecular complexity index is 1760. The Hall–Kier alpha value is -4.80. The maximum absolute atomic E-state index is 13.6. The first kappa shape index (κ1) is 20.8. The van der Waals surface area contributed by atoms with E-state index in [1.54, 1.807) is 33.7 Å². The molecule has 2 atom stereocenters. The van der Waals surface area contributed by atoms with Crippen molar-refractivity contribution in [3.05, 3.63) is 82.2 Å². The van der Waals surface area contributed by atoms with Crippen molar-refractivity contribution in [1.82, 2.24) is 28.7 Å². The first-order chi connectivity index (χ1) is 17.1. The molecule has 2 aromatic carbocycles. The molecule has 1 aliphatic carbocycles. The zero-order chi connectivity index (χ0) is 24.1. The predicted molar refractivity (Wildman–Crippen MR) is 126 cm³/mol. The molecule has 0 unspecified atom stereocenters. The van der Waals surface area contributed by atoms with Gasteiger partial charge in [0.05, 0.1) is 47.1 Å². The van der Waals surface area contributed by atoms with Crippen molar-refractivity contribution in [2.24, 2.45) is 0 Å². The van der Waals surface area contributed by atoms with Crippen LogP contribution < -0.4 is 5.69 Å². The lowest BCUT2D eigenvalue weighted by molar-refractivity contribution is 0.147. The average molecular weight is 462 g/mol. The summed E-state index contributed by atoms with van der Waals surface area (Å²) in [4.78, 5) is 27.1. The number of hydrogen-bond acceptors (Lipinski definition) is 7. The van der Waals surface area contributed by atoms with Crippen LogP contribution in [-0.2, 0) is 6.54 Å². The molecule has 1 N–H and O–H groups in total. The van der Waals surface area contributed by atoms with Gasteiger partial charge in [0.1, 0.15) is 18.4 Å². The smallest absolute Gasteiger partial charge is 0.331 e. The normalized spacial score (nSPS) is 17.2. The van der Waals surface area contributed by atoms with E-state index in [2.05, 4.69) is 16.0 Å². The van der Waals surface area contributed by atoms with Gasteiger partial charge in [0.15, 0.2) is 5.65 Å². The molecule has 10 heteroatoms. The number of aromatic nitrogens is 6. The number of aliphatic hydroxyl groups excluding tert-OH is 1. The van der Waals surface area contributed by atoms with Crippen LogP contribution in [0.2, 0.25) is 0 Å². The second-order valence-corrected chi connectivity index (χ2v) is 8.44. The molecule has 0 fully saturated rings. The standard InChI is InChI=1S/C25H18N8O2/c26-9-10-31-21-13-28-24(32-14-29-18-6-5-15(12-27)11-20(18)32)30-23(21)33(25(31)35)19-7-8-22(34)17-4-2-1-3-16(17)19/h1-6,11,13-14,19,22,34H,7-8,10H2/t19-,22-/m1/s1. The molecule has 0 saturated heterocycles. The van der Waals surface area contributed by atoms with Gasteiger partial charge in [-0.3, -0.25) is 13.7 Å². The lowest BCUT2D eigenvalue weighted by Crippen LogP contribution is -2.30. The SMILES string of the molecule is N#CCn1c(=O)n([C@@H]2CC[C@@H](O)c3ccccc32)c2nc(-n3cnc4ccc(C#N)cc43)ncc21. The van der Waals surface area contributed by atoms with Gasteiger partial charge in [-0.15, -0.1) is 0 Å². The van der Waals surface area contributed by atoms with Crippen molar-refractivity contribution in [3.8, 4) is 18.1 Å². The fourth-order valence-corrected chi connectivity index (χ4v) is 4.92. The molecular formula is C25H18N8O2. The second-order valence-electron chi connectivity index (χ2n) is 8.44. The lowest BCUT2D eigenvalue weighted by Gasteiger charge is -2.29. The number of rotatable bonds is 3. The molecule has 0 saturated carbocycles. The molecule has 1 aliphatic rings. The maximum atomic E-state index is 13.6. The zero-order valence-electron chi connectivity index (χ0n) is 18.4. The fraction of sp³-hybridized carbons (Fsp3) is 0.200. The number of nitriles is 2. The molecule has 3 aromatic heterocycles. The molecule has 0 spiro atoms. The van der Waals surface area contributed by atoms with E-state index in [0.29, 0.717) is 46.6 Å². The summed E-state index contributed by atoms with van der Waals surface area (Å²) in [6, 6.07) is 16.5. The topological polar surface area (TPSA) is 138 Å². The minimum atomic E-state index is -0.595. The Kier molecular flexibility index (Phi) is 4.69. The molecule has 0 bridgehead atoms. The summed E-state index contributed by atoms with van der Waals surface area (Å²) in [6.07, 6.45) is 3.56. The molecule has 0 aliphatic heterocycles. The largest absolute Gasteiger partial charge is 0.388 e. The molecular weight excluding hydrogens is 444 g/mol. The molecule has 6 rings (SSSR count). The number of aliphatic hydroxyl groups is 1. The average Bonchev–Trinajstić information content (AvgIpc) is 3.43. The molecule has 0 radical (unpaired) electrons. The van der Waals surface area contributed by atoms with Crippen molar-refractivity contribution in [3.63, 3.8) is 0 Å². The van der Waals surface area contributed by atoms with Crippen molar-refractivity contribution >= 4 is 22.2 Å². The first-order valence-electron chi connectivity index (χ1n) is 11.1. The summed E-state index contributed by atoms with van der Waals surface area (Å²) in [6.45, 7) is -0.137. The first-order valence-corrected chi connectivity index (χ1v) is 11.1. The molecule has 3 heterocycles. The highest BCUT2D eigenvalue weighted by molar-refractivity contribution is 5.79. The Morgan fingerprint density at radius 2 is 1.89 bits per heavy atom. The summed E-state index contributed by atoms with van der Waals surface area (Å²) in [7, 11) is 0. The summed E-state index contributed by atoms with van der Waals surface area (Å²) in [5.74, 6) is 0.294. The third-order valence-corrected chi connectivity index (χ3v) is 6.55. The maximum Gasteiger partial charge on any atom is 0.331 e. The van der Waals surface area contributed by atoms with Crippen molar-refractivity contribution in [2.45, 2.75) is 31.5 Å². The highest BCUT2D eigenvalue weighted by Crippen LogP contribution is 2.38. The van der Waals surface area contributed by atoms with Crippen LogP contribution in [0.5, 0.6) is 0 Å². The van der Waals surface area contributed by atoms with Crippen molar-refractivity contribution in [1.29, 1.82) is 10.5 Å². The number of benzene rings is 2. The minimum Gasteiger partial charge on any atom is -0.388 e. The van der Waals surface area contributed by atoms with Gasteiger partial charge in [-0.05, 0) is 42.2 Å². The summed E-state index contributed by atoms with van der Waals surface area (Å²) in [5.41, 5.74) is 3.96. The monoisotopic (exact) mass is 462 g/mol. The van der Waals surface area contributed by atoms with E-state index in [1.807, 2.05) is 30.3 Å². The van der Waals surface area contributed by atoms with Gasteiger partial charge < -0.3 is 5.11 Å². The lowest BCUT2D eigenvalue weighted by atomic mass is 9.85. The molecule has 0 amide bonds. The number of hydrogen-bond donors (Lipinski definition) is 1. The van der Waals surface area contributed by atoms with Gasteiger partial charge in [0.2, 0.25) is 5.95 Å². The molecule has 35 heavy (non-hydrogen) atoms. The predicted octanol–water partition coefficient (Wildman–Crippen LogP) is 2.74. The van der Waals surface area contributed by atoms with Crippen molar-refractivity contribution < 1.29 is 5.11 Å². The van der Waals surface area contributed by atoms with Gasteiger partial charge in [-0.25, -0.2) is 14.8 Å². The van der Waals surface area contributed by atoms with Gasteiger partial charge in [0, 0.05) is 0 Å². The Morgan fingerprint density at radius 3 is 2.69 bits per heavy atom. The number of fused-ring (bicyclic) bond motifs is 3. The third-order valence-electron chi connectivity index (χ3n) is 6.55. The van der Waals surface area contributed by atoms with Gasteiger partial charge in [-0.1, -0.05) is 24.3 Å². The van der Waals surface area contributed by atoms with Crippen LogP contribution in [0, 0.1) is 22.7 Å². The molecule has 10 nitrogen and oxygen atoms in total. The van der Waals surface area contributed by atoms with Crippen LogP contribution >= 0.6 is 0 Å². The van der Waals surface area contributed by atoms with E-state index in [0.717, 1.165) is 11.1 Å². The fourth-order valence-electron chi connectivity index (χ4n) is 4.92. The van der Waals surface area contributed by atoms with E-state index in [-0.39, 0.29) is 18.3 Å². The van der Waals surface area contributed by atoms with E-state index < -0.39 is 6.10 Å². The van der Waals surface area contributed by atoms with Crippen LogP contribution in [0.25, 0.3) is 28.1 Å². The van der Waals surface area contributed by atoms with Crippen molar-refractivity contribution in [2.75, 3.05) is 0 Å². The summed E-state index contributed by atoms with van der Waals surface area (Å²) in [5, 5.41) is 29.2. The quantitative estimate of drug-likeness (QED) is 0.435. The van der Waals surface area contributed by atoms with Gasteiger partial charge in [0.25, 0.3) is 0 Å². The summed E-state index contributed by atoms with van der Waals surface area (Å²) >= 11 is 0. The van der Waals surface area contributed by atoms with Crippen LogP contribution in [0.1, 0.15) is 41.7 Å². The Morgan fingerprint density at radius 1 is 1.06 bits per heavy atom. The zero-order valence-corrected chi connectivity index (χ0v) is 18.4. The summed E-state index contributed by atoms with van der Waals surface area (Å²) < 4.78 is 4.64. The van der Waals surface area contributed by atoms with Gasteiger partial charge in [-0.2, -0.15) is 15.5 Å². The van der Waals surface area contributed by atoms with Crippen LogP contribution in [0.15, 0.2) is 59.8 Å². The van der Waals surface area contributed by atoms with E-state index >= 15 is 0 Å². The molecule has 5 aromatic rings. The number of nitrogens with zero attached hydrogens (tertiary/aromatic N) is 8. The van der Waals surface area contributed by atoms with Gasteiger partial charge >= 0.3 is 5.69 Å². The van der Waals surface area contributed by atoms with E-state index in [1.165, 1.54) is 10.8 Å². The molecule has 170 valence electrons. The van der Waals surface area contributed by atoms with Crippen LogP contribution in [0.4, 0.5) is 0 Å². The van der Waals surface area contributed by atoms with E-state index in [4.69, 9.17) is 4.98 Å². The third kappa shape index (κ3) is 3.12. The van der Waals surface area contributed by atoms with Crippen LogP contribution in [0.3, 0.4) is 0 Å². The number of imidazole rings is 2. The minimum absolute atomic E-state index is 0.137. The van der Waals surface area contributed by atoms with Crippen LogP contribution in [-0.4, -0.2) is 33.8 Å². The highest BCUT2D eigenvalue weighted by atomic mass is 16.3. The Balaban J connectivity index is 1.61. The van der Waals surface area contributed by atoms with E-state index in [9.17, 15) is 20.4 Å². The highest BCUT2D eigenvalue weighted by Gasteiger charge is 2.31.